The predicted molar refractivity (Wildman–Crippen MR) is 97.2 cm³/mol. The third-order valence-corrected chi connectivity index (χ3v) is 5.09. The summed E-state index contributed by atoms with van der Waals surface area (Å²) in [6.45, 7) is 12.6. The number of hydrogen-bond donors (Lipinski definition) is 1. The van der Waals surface area contributed by atoms with E-state index < -0.39 is 0 Å². The van der Waals surface area contributed by atoms with Crippen molar-refractivity contribution >= 4 is 0 Å². The maximum absolute atomic E-state index is 9.58. The summed E-state index contributed by atoms with van der Waals surface area (Å²) < 4.78 is 0. The first-order valence-electron chi connectivity index (χ1n) is 9.12. The molecule has 1 unspecified atom stereocenters. The van der Waals surface area contributed by atoms with Crippen LogP contribution in [0.15, 0.2) is 23.3 Å². The highest BCUT2D eigenvalue weighted by Crippen LogP contribution is 2.44. The first-order chi connectivity index (χ1) is 10.5. The fourth-order valence-electron chi connectivity index (χ4n) is 3.43. The number of aliphatic hydroxyl groups excluding tert-OH is 1. The van der Waals surface area contributed by atoms with Crippen LogP contribution in [0.25, 0.3) is 0 Å². The number of rotatable bonds is 11. The molecule has 128 valence electrons. The van der Waals surface area contributed by atoms with Gasteiger partial charge in [-0.25, -0.2) is 0 Å². The van der Waals surface area contributed by atoms with Gasteiger partial charge in [-0.05, 0) is 66.3 Å². The Labute approximate surface area is 138 Å². The third-order valence-electron chi connectivity index (χ3n) is 5.09. The second-order valence-corrected chi connectivity index (χ2v) is 7.37. The van der Waals surface area contributed by atoms with Gasteiger partial charge >= 0.3 is 0 Å². The Kier molecular flexibility index (Phi) is 8.41. The smallest absolute Gasteiger partial charge is 0.0605 e. The predicted octanol–water partition coefficient (Wildman–Crippen LogP) is 5.08. The highest BCUT2D eigenvalue weighted by Gasteiger charge is 2.56. The number of unbranched alkanes of at least 4 members (excludes halogenated alkanes) is 2. The Balaban J connectivity index is 2.34. The molecule has 1 heterocycles. The zero-order chi connectivity index (χ0) is 16.6. The van der Waals surface area contributed by atoms with Gasteiger partial charge in [0.1, 0.15) is 0 Å². The standard InChI is InChI=1S/C20H37NO/c1-6-7-8-15-21-19(16-22)20(21,5)14-10-13-18(4)12-9-11-17(2)3/h11,13,19,22H,6-10,12,14-16H2,1-5H3/b18-13+/t19-,20-,21?/m0/s1. The minimum absolute atomic E-state index is 0.235. The van der Waals surface area contributed by atoms with E-state index >= 15 is 0 Å². The Bertz CT molecular complexity index is 381. The number of aliphatic hydroxyl groups is 1. The highest BCUT2D eigenvalue weighted by molar-refractivity contribution is 5.15. The van der Waals surface area contributed by atoms with E-state index in [1.54, 1.807) is 0 Å². The number of hydrogen-bond acceptors (Lipinski definition) is 2. The summed E-state index contributed by atoms with van der Waals surface area (Å²) in [6.07, 6.45) is 13.2. The average molecular weight is 308 g/mol. The van der Waals surface area contributed by atoms with Crippen LogP contribution in [0, 0.1) is 0 Å². The van der Waals surface area contributed by atoms with E-state index in [2.05, 4.69) is 51.7 Å². The molecule has 0 aromatic heterocycles. The summed E-state index contributed by atoms with van der Waals surface area (Å²) in [5.41, 5.74) is 3.14. The van der Waals surface area contributed by atoms with Gasteiger partial charge in [0.05, 0.1) is 12.6 Å². The first kappa shape index (κ1) is 19.4. The maximum atomic E-state index is 9.58. The monoisotopic (exact) mass is 307 g/mol. The van der Waals surface area contributed by atoms with Crippen molar-refractivity contribution in [1.29, 1.82) is 0 Å². The van der Waals surface area contributed by atoms with Gasteiger partial charge in [0.2, 0.25) is 0 Å². The van der Waals surface area contributed by atoms with Crippen molar-refractivity contribution in [3.8, 4) is 0 Å². The lowest BCUT2D eigenvalue weighted by Gasteiger charge is -2.11. The largest absolute Gasteiger partial charge is 0.395 e. The second-order valence-electron chi connectivity index (χ2n) is 7.37. The summed E-state index contributed by atoms with van der Waals surface area (Å²) in [6, 6.07) is 0.392. The topological polar surface area (TPSA) is 23.2 Å². The van der Waals surface area contributed by atoms with Gasteiger partial charge in [0, 0.05) is 5.54 Å². The highest BCUT2D eigenvalue weighted by atomic mass is 16.3. The van der Waals surface area contributed by atoms with Crippen molar-refractivity contribution in [2.45, 2.75) is 91.1 Å². The summed E-state index contributed by atoms with van der Waals surface area (Å²) in [5.74, 6) is 0. The molecule has 1 aliphatic heterocycles. The molecule has 3 atom stereocenters. The first-order valence-corrected chi connectivity index (χ1v) is 9.12. The molecule has 0 amide bonds. The van der Waals surface area contributed by atoms with Crippen molar-refractivity contribution in [2.75, 3.05) is 13.2 Å². The lowest BCUT2D eigenvalue weighted by Crippen LogP contribution is -2.15. The molecular weight excluding hydrogens is 270 g/mol. The zero-order valence-corrected chi connectivity index (χ0v) is 15.5. The van der Waals surface area contributed by atoms with Gasteiger partial charge in [-0.15, -0.1) is 0 Å². The Morgan fingerprint density at radius 2 is 1.86 bits per heavy atom. The molecule has 2 nitrogen and oxygen atoms in total. The van der Waals surface area contributed by atoms with Crippen molar-refractivity contribution in [1.82, 2.24) is 4.90 Å². The van der Waals surface area contributed by atoms with E-state index in [-0.39, 0.29) is 5.54 Å². The number of nitrogens with zero attached hydrogens (tertiary/aromatic N) is 1. The molecule has 22 heavy (non-hydrogen) atoms. The third kappa shape index (κ3) is 5.89. The molecule has 1 N–H and O–H groups in total. The van der Waals surface area contributed by atoms with Gasteiger partial charge in [0.15, 0.2) is 0 Å². The molecule has 0 aromatic rings. The fourth-order valence-corrected chi connectivity index (χ4v) is 3.43. The SMILES string of the molecule is CCCCCN1[C@@H](CO)[C@]1(C)CC/C=C(\C)CCC=C(C)C. The van der Waals surface area contributed by atoms with E-state index in [0.717, 1.165) is 19.4 Å². The molecule has 1 saturated heterocycles. The molecule has 1 aliphatic rings. The Morgan fingerprint density at radius 1 is 1.14 bits per heavy atom. The van der Waals surface area contributed by atoms with Crippen molar-refractivity contribution in [3.63, 3.8) is 0 Å². The van der Waals surface area contributed by atoms with E-state index in [1.807, 2.05) is 0 Å². The molecule has 0 saturated carbocycles. The quantitative estimate of drug-likeness (QED) is 0.327. The average Bonchev–Trinajstić information content (AvgIpc) is 3.02. The molecule has 0 radical (unpaired) electrons. The molecule has 1 fully saturated rings. The molecule has 2 heteroatoms. The maximum Gasteiger partial charge on any atom is 0.0605 e. The molecule has 1 rings (SSSR count). The van der Waals surface area contributed by atoms with Crippen molar-refractivity contribution in [3.05, 3.63) is 23.3 Å². The van der Waals surface area contributed by atoms with Crippen LogP contribution in [-0.2, 0) is 0 Å². The Hall–Kier alpha value is -0.600. The van der Waals surface area contributed by atoms with Gasteiger partial charge < -0.3 is 5.11 Å². The van der Waals surface area contributed by atoms with Crippen LogP contribution in [0.3, 0.4) is 0 Å². The van der Waals surface area contributed by atoms with Gasteiger partial charge in [-0.1, -0.05) is 43.1 Å². The van der Waals surface area contributed by atoms with Crippen LogP contribution < -0.4 is 0 Å². The molecular formula is C20H37NO. The normalized spacial score (nSPS) is 27.8. The van der Waals surface area contributed by atoms with Crippen LogP contribution in [0.4, 0.5) is 0 Å². The minimum Gasteiger partial charge on any atom is -0.395 e. The van der Waals surface area contributed by atoms with Gasteiger partial charge in [0.25, 0.3) is 0 Å². The van der Waals surface area contributed by atoms with E-state index in [4.69, 9.17) is 0 Å². The van der Waals surface area contributed by atoms with E-state index in [1.165, 1.54) is 43.3 Å². The van der Waals surface area contributed by atoms with Crippen molar-refractivity contribution in [2.24, 2.45) is 0 Å². The van der Waals surface area contributed by atoms with E-state index in [9.17, 15) is 5.11 Å². The van der Waals surface area contributed by atoms with Crippen molar-refractivity contribution < 1.29 is 5.11 Å². The minimum atomic E-state index is 0.235. The molecule has 0 bridgehead atoms. The van der Waals surface area contributed by atoms with Crippen LogP contribution in [0.5, 0.6) is 0 Å². The molecule has 0 spiro atoms. The molecule has 0 aromatic carbocycles. The molecule has 0 aliphatic carbocycles. The van der Waals surface area contributed by atoms with Gasteiger partial charge in [-0.3, -0.25) is 4.90 Å². The summed E-state index contributed by atoms with van der Waals surface area (Å²) >= 11 is 0. The second kappa shape index (κ2) is 9.52. The summed E-state index contributed by atoms with van der Waals surface area (Å²) in [7, 11) is 0. The lowest BCUT2D eigenvalue weighted by atomic mass is 9.99. The fraction of sp³-hybridized carbons (Fsp3) is 0.800. The van der Waals surface area contributed by atoms with Gasteiger partial charge in [-0.2, -0.15) is 0 Å². The number of allylic oxidation sites excluding steroid dienone is 4. The van der Waals surface area contributed by atoms with Crippen LogP contribution in [-0.4, -0.2) is 34.7 Å². The summed E-state index contributed by atoms with van der Waals surface area (Å²) in [5, 5.41) is 9.58. The van der Waals surface area contributed by atoms with E-state index in [0.29, 0.717) is 12.6 Å². The van der Waals surface area contributed by atoms with Crippen LogP contribution in [0.1, 0.15) is 79.6 Å². The summed E-state index contributed by atoms with van der Waals surface area (Å²) in [4.78, 5) is 2.51. The zero-order valence-electron chi connectivity index (χ0n) is 15.5. The van der Waals surface area contributed by atoms with Crippen LogP contribution >= 0.6 is 0 Å². The Morgan fingerprint density at radius 3 is 2.45 bits per heavy atom. The lowest BCUT2D eigenvalue weighted by molar-refractivity contribution is 0.272. The van der Waals surface area contributed by atoms with Crippen LogP contribution in [0.2, 0.25) is 0 Å².